The maximum atomic E-state index is 12.3. The lowest BCUT2D eigenvalue weighted by Crippen LogP contribution is -2.47. The van der Waals surface area contributed by atoms with Gasteiger partial charge in [0, 0.05) is 23.0 Å². The quantitative estimate of drug-likeness (QED) is 0.913. The van der Waals surface area contributed by atoms with Crippen molar-refractivity contribution in [3.8, 4) is 11.8 Å². The average Bonchev–Trinajstić information content (AvgIpc) is 2.88. The molecule has 1 aromatic carbocycles. The van der Waals surface area contributed by atoms with E-state index < -0.39 is 5.41 Å². The van der Waals surface area contributed by atoms with Crippen LogP contribution in [0.25, 0.3) is 0 Å². The fourth-order valence-corrected chi connectivity index (χ4v) is 3.83. The summed E-state index contributed by atoms with van der Waals surface area (Å²) in [5.41, 5.74) is 1.31. The van der Waals surface area contributed by atoms with Crippen LogP contribution in [-0.4, -0.2) is 12.5 Å². The molecule has 1 aromatic rings. The van der Waals surface area contributed by atoms with Gasteiger partial charge in [0.25, 0.3) is 0 Å². The third-order valence-electron chi connectivity index (χ3n) is 4.31. The number of nitrogens with one attached hydrogen (secondary N) is 1. The van der Waals surface area contributed by atoms with Crippen molar-refractivity contribution in [3.63, 3.8) is 0 Å². The topological polar surface area (TPSA) is 62.1 Å². The van der Waals surface area contributed by atoms with E-state index in [2.05, 4.69) is 40.3 Å². The van der Waals surface area contributed by atoms with Crippen LogP contribution in [0.4, 0.5) is 0 Å². The van der Waals surface area contributed by atoms with Crippen molar-refractivity contribution in [2.75, 3.05) is 6.61 Å². The van der Waals surface area contributed by atoms with E-state index in [0.717, 1.165) is 22.2 Å². The summed E-state index contributed by atoms with van der Waals surface area (Å²) in [5, 5.41) is 12.2. The molecule has 0 spiro atoms. The molecule has 5 heteroatoms. The molecule has 2 aliphatic rings. The Kier molecular flexibility index (Phi) is 3.66. The number of nitrogens with zero attached hydrogens (tertiary/aromatic N) is 1. The van der Waals surface area contributed by atoms with Crippen molar-refractivity contribution in [2.45, 2.75) is 32.7 Å². The Morgan fingerprint density at radius 2 is 2.33 bits per heavy atom. The van der Waals surface area contributed by atoms with Gasteiger partial charge >= 0.3 is 0 Å². The van der Waals surface area contributed by atoms with Gasteiger partial charge in [0.05, 0.1) is 12.7 Å². The van der Waals surface area contributed by atoms with Gasteiger partial charge in [0.1, 0.15) is 11.2 Å². The van der Waals surface area contributed by atoms with Gasteiger partial charge in [-0.05, 0) is 36.5 Å². The third-order valence-corrected chi connectivity index (χ3v) is 4.77. The van der Waals surface area contributed by atoms with Crippen LogP contribution in [0.1, 0.15) is 30.9 Å². The van der Waals surface area contributed by atoms with E-state index in [1.807, 2.05) is 6.07 Å². The van der Waals surface area contributed by atoms with Crippen molar-refractivity contribution < 1.29 is 9.53 Å². The molecule has 110 valence electrons. The monoisotopic (exact) mass is 348 g/mol. The lowest BCUT2D eigenvalue weighted by Gasteiger charge is -2.39. The van der Waals surface area contributed by atoms with E-state index >= 15 is 0 Å². The van der Waals surface area contributed by atoms with Crippen molar-refractivity contribution in [1.82, 2.24) is 5.32 Å². The van der Waals surface area contributed by atoms with Gasteiger partial charge in [0.2, 0.25) is 5.91 Å². The zero-order valence-electron chi connectivity index (χ0n) is 11.9. The van der Waals surface area contributed by atoms with Gasteiger partial charge in [0.15, 0.2) is 0 Å². The van der Waals surface area contributed by atoms with Crippen molar-refractivity contribution in [1.29, 1.82) is 5.26 Å². The second kappa shape index (κ2) is 5.34. The number of carbonyl (C=O) groups excluding carboxylic acids is 1. The molecule has 1 fully saturated rings. The molecule has 0 atom stereocenters. The maximum Gasteiger partial charge on any atom is 0.240 e. The molecule has 1 amide bonds. The number of hydrogen-bond donors (Lipinski definition) is 1. The molecule has 0 saturated heterocycles. The van der Waals surface area contributed by atoms with E-state index in [9.17, 15) is 10.1 Å². The summed E-state index contributed by atoms with van der Waals surface area (Å²) in [6.45, 7) is 3.16. The molecule has 0 radical (unpaired) electrons. The average molecular weight is 349 g/mol. The summed E-state index contributed by atoms with van der Waals surface area (Å²) in [5.74, 6) is 1.18. The highest BCUT2D eigenvalue weighted by Gasteiger charge is 2.48. The first-order valence-electron chi connectivity index (χ1n) is 7.18. The second-order valence-corrected chi connectivity index (χ2v) is 6.96. The van der Waals surface area contributed by atoms with E-state index in [1.165, 1.54) is 5.56 Å². The van der Waals surface area contributed by atoms with Gasteiger partial charge in [-0.3, -0.25) is 4.79 Å². The number of ether oxygens (including phenoxy) is 1. The van der Waals surface area contributed by atoms with Gasteiger partial charge in [-0.25, -0.2) is 0 Å². The number of hydrogen-bond acceptors (Lipinski definition) is 3. The summed E-state index contributed by atoms with van der Waals surface area (Å²) in [4.78, 5) is 12.3. The minimum Gasteiger partial charge on any atom is -0.493 e. The van der Waals surface area contributed by atoms with E-state index in [-0.39, 0.29) is 5.91 Å². The SMILES string of the molecule is CC1CC(C#N)(C(=O)NCc2cc(Br)cc3c2OCC3)C1. The molecular weight excluding hydrogens is 332 g/mol. The molecule has 1 aliphatic heterocycles. The first-order valence-corrected chi connectivity index (χ1v) is 7.97. The Hall–Kier alpha value is -1.54. The molecule has 1 aliphatic carbocycles. The summed E-state index contributed by atoms with van der Waals surface area (Å²) < 4.78 is 6.64. The Balaban J connectivity index is 1.72. The van der Waals surface area contributed by atoms with Gasteiger partial charge in [-0.1, -0.05) is 22.9 Å². The number of nitriles is 1. The fourth-order valence-electron chi connectivity index (χ4n) is 3.28. The number of rotatable bonds is 3. The third kappa shape index (κ3) is 2.53. The molecule has 0 bridgehead atoms. The largest absolute Gasteiger partial charge is 0.493 e. The number of carbonyl (C=O) groups is 1. The molecule has 3 rings (SSSR count). The van der Waals surface area contributed by atoms with Gasteiger partial charge in [-0.15, -0.1) is 0 Å². The minimum absolute atomic E-state index is 0.158. The second-order valence-electron chi connectivity index (χ2n) is 6.04. The minimum atomic E-state index is -0.824. The van der Waals surface area contributed by atoms with E-state index in [1.54, 1.807) is 0 Å². The first kappa shape index (κ1) is 14.4. The van der Waals surface area contributed by atoms with Crippen molar-refractivity contribution in [2.24, 2.45) is 11.3 Å². The lowest BCUT2D eigenvalue weighted by atomic mass is 9.63. The lowest BCUT2D eigenvalue weighted by molar-refractivity contribution is -0.134. The number of benzene rings is 1. The van der Waals surface area contributed by atoms with Crippen LogP contribution in [0, 0.1) is 22.7 Å². The summed E-state index contributed by atoms with van der Waals surface area (Å²) in [6.07, 6.45) is 2.21. The number of amides is 1. The van der Waals surface area contributed by atoms with Gasteiger partial charge in [-0.2, -0.15) is 5.26 Å². The highest BCUT2D eigenvalue weighted by Crippen LogP contribution is 2.45. The fraction of sp³-hybridized carbons (Fsp3) is 0.500. The predicted octanol–water partition coefficient (Wildman–Crippen LogP) is 2.94. The van der Waals surface area contributed by atoms with Gasteiger partial charge < -0.3 is 10.1 Å². The van der Waals surface area contributed by atoms with E-state index in [0.29, 0.717) is 31.9 Å². The Morgan fingerprint density at radius 1 is 1.57 bits per heavy atom. The van der Waals surface area contributed by atoms with E-state index in [4.69, 9.17) is 4.74 Å². The van der Waals surface area contributed by atoms with Crippen LogP contribution < -0.4 is 10.1 Å². The molecule has 21 heavy (non-hydrogen) atoms. The summed E-state index contributed by atoms with van der Waals surface area (Å²) in [6, 6.07) is 6.21. The Bertz CT molecular complexity index is 630. The standard InChI is InChI=1S/C16H17BrN2O2/c1-10-6-16(7-10,9-18)15(20)19-8-12-5-13(17)4-11-2-3-21-14(11)12/h4-5,10H,2-3,6-8H2,1H3,(H,19,20). The van der Waals surface area contributed by atoms with Crippen LogP contribution in [-0.2, 0) is 17.8 Å². The Labute approximate surface area is 132 Å². The molecule has 1 saturated carbocycles. The van der Waals surface area contributed by atoms with Crippen LogP contribution in [0.15, 0.2) is 16.6 Å². The zero-order valence-corrected chi connectivity index (χ0v) is 13.5. The number of fused-ring (bicyclic) bond motifs is 1. The summed E-state index contributed by atoms with van der Waals surface area (Å²) >= 11 is 3.49. The molecule has 4 nitrogen and oxygen atoms in total. The predicted molar refractivity (Wildman–Crippen MR) is 81.6 cm³/mol. The normalized spacial score (nSPS) is 26.2. The van der Waals surface area contributed by atoms with Crippen molar-refractivity contribution >= 4 is 21.8 Å². The molecule has 1 heterocycles. The zero-order chi connectivity index (χ0) is 15.0. The number of halogens is 1. The Morgan fingerprint density at radius 3 is 3.00 bits per heavy atom. The van der Waals surface area contributed by atoms with Crippen molar-refractivity contribution in [3.05, 3.63) is 27.7 Å². The first-order chi connectivity index (χ1) is 10.0. The van der Waals surface area contributed by atoms with Crippen LogP contribution in [0.2, 0.25) is 0 Å². The van der Waals surface area contributed by atoms with Crippen LogP contribution in [0.5, 0.6) is 5.75 Å². The summed E-state index contributed by atoms with van der Waals surface area (Å²) in [7, 11) is 0. The highest BCUT2D eigenvalue weighted by molar-refractivity contribution is 9.10. The maximum absolute atomic E-state index is 12.3. The molecule has 0 aromatic heterocycles. The smallest absolute Gasteiger partial charge is 0.240 e. The molecule has 1 N–H and O–H groups in total. The van der Waals surface area contributed by atoms with Crippen LogP contribution in [0.3, 0.4) is 0 Å². The van der Waals surface area contributed by atoms with Crippen LogP contribution >= 0.6 is 15.9 Å². The molecule has 0 unspecified atom stereocenters. The molecular formula is C16H17BrN2O2. The highest BCUT2D eigenvalue weighted by atomic mass is 79.9.